The van der Waals surface area contributed by atoms with Crippen LogP contribution in [0.15, 0.2) is 42.6 Å². The van der Waals surface area contributed by atoms with E-state index in [-0.39, 0.29) is 11.8 Å². The van der Waals surface area contributed by atoms with E-state index in [1.54, 1.807) is 25.1 Å². The number of methoxy groups -OCH3 is 2. The summed E-state index contributed by atoms with van der Waals surface area (Å²) in [6.45, 7) is 1.93. The fraction of sp³-hybridized carbons (Fsp3) is 0.238. The van der Waals surface area contributed by atoms with E-state index in [4.69, 9.17) is 21.1 Å². The molecule has 1 atom stereocenters. The summed E-state index contributed by atoms with van der Waals surface area (Å²) >= 11 is 6.27. The van der Waals surface area contributed by atoms with Gasteiger partial charge in [-0.15, -0.1) is 0 Å². The van der Waals surface area contributed by atoms with Gasteiger partial charge in [-0.25, -0.2) is 4.68 Å². The molecular formula is C21H20ClN3O3. The van der Waals surface area contributed by atoms with Crippen molar-refractivity contribution in [3.05, 3.63) is 64.3 Å². The van der Waals surface area contributed by atoms with Crippen LogP contribution in [-0.2, 0) is 4.79 Å². The van der Waals surface area contributed by atoms with Crippen LogP contribution in [0.25, 0.3) is 5.69 Å². The van der Waals surface area contributed by atoms with Crippen LogP contribution in [0.5, 0.6) is 11.5 Å². The third-order valence-electron chi connectivity index (χ3n) is 5.10. The van der Waals surface area contributed by atoms with E-state index >= 15 is 0 Å². The predicted molar refractivity (Wildman–Crippen MR) is 108 cm³/mol. The first kappa shape index (κ1) is 18.4. The Morgan fingerprint density at radius 1 is 1.18 bits per heavy atom. The van der Waals surface area contributed by atoms with Gasteiger partial charge in [0.2, 0.25) is 5.91 Å². The van der Waals surface area contributed by atoms with Crippen molar-refractivity contribution in [3.8, 4) is 17.2 Å². The highest BCUT2D eigenvalue weighted by atomic mass is 35.5. The first-order chi connectivity index (χ1) is 13.5. The number of benzene rings is 2. The van der Waals surface area contributed by atoms with Crippen molar-refractivity contribution in [2.24, 2.45) is 0 Å². The number of anilines is 1. The highest BCUT2D eigenvalue weighted by Crippen LogP contribution is 2.41. The molecule has 144 valence electrons. The van der Waals surface area contributed by atoms with E-state index < -0.39 is 0 Å². The third-order valence-corrected chi connectivity index (χ3v) is 5.51. The number of nitrogens with one attached hydrogen (secondary N) is 1. The van der Waals surface area contributed by atoms with Crippen molar-refractivity contribution < 1.29 is 14.3 Å². The monoisotopic (exact) mass is 397 g/mol. The van der Waals surface area contributed by atoms with E-state index in [2.05, 4.69) is 10.4 Å². The van der Waals surface area contributed by atoms with E-state index in [0.29, 0.717) is 28.8 Å². The van der Waals surface area contributed by atoms with Crippen LogP contribution in [0.4, 0.5) is 5.82 Å². The molecule has 2 aromatic carbocycles. The average molecular weight is 398 g/mol. The van der Waals surface area contributed by atoms with Gasteiger partial charge >= 0.3 is 0 Å². The molecule has 0 saturated carbocycles. The lowest BCUT2D eigenvalue weighted by Crippen LogP contribution is -2.24. The normalized spacial score (nSPS) is 15.7. The number of fused-ring (bicyclic) bond motifs is 1. The molecule has 1 aliphatic rings. The number of hydrogen-bond donors (Lipinski definition) is 1. The Morgan fingerprint density at radius 3 is 2.71 bits per heavy atom. The molecule has 2 heterocycles. The zero-order valence-corrected chi connectivity index (χ0v) is 16.6. The molecule has 1 amide bonds. The predicted octanol–water partition coefficient (Wildman–Crippen LogP) is 4.33. The van der Waals surface area contributed by atoms with Gasteiger partial charge in [-0.3, -0.25) is 4.79 Å². The number of aromatic nitrogens is 2. The van der Waals surface area contributed by atoms with E-state index in [9.17, 15) is 4.79 Å². The minimum absolute atomic E-state index is 0.0614. The number of carbonyl (C=O) groups excluding carboxylic acids is 1. The number of halogens is 1. The van der Waals surface area contributed by atoms with Crippen molar-refractivity contribution in [1.82, 2.24) is 9.78 Å². The molecule has 28 heavy (non-hydrogen) atoms. The van der Waals surface area contributed by atoms with Crippen LogP contribution in [0.2, 0.25) is 5.02 Å². The van der Waals surface area contributed by atoms with Gasteiger partial charge in [-0.1, -0.05) is 23.7 Å². The third kappa shape index (κ3) is 2.99. The summed E-state index contributed by atoms with van der Waals surface area (Å²) in [6, 6.07) is 11.4. The molecule has 0 bridgehead atoms. The first-order valence-corrected chi connectivity index (χ1v) is 9.26. The van der Waals surface area contributed by atoms with Gasteiger partial charge < -0.3 is 14.8 Å². The Kier molecular flexibility index (Phi) is 4.73. The highest BCUT2D eigenvalue weighted by molar-refractivity contribution is 6.31. The maximum Gasteiger partial charge on any atom is 0.226 e. The summed E-state index contributed by atoms with van der Waals surface area (Å²) in [7, 11) is 3.20. The van der Waals surface area contributed by atoms with Gasteiger partial charge in [-0.05, 0) is 42.3 Å². The van der Waals surface area contributed by atoms with Gasteiger partial charge in [0, 0.05) is 22.9 Å². The molecule has 1 N–H and O–H groups in total. The SMILES string of the molecule is COc1ccc([C@H]2CC(=O)Nc3c2cnn3-c2cccc(Cl)c2C)cc1OC. The van der Waals surface area contributed by atoms with E-state index in [1.165, 1.54) is 0 Å². The Hall–Kier alpha value is -2.99. The number of amides is 1. The van der Waals surface area contributed by atoms with Crippen LogP contribution in [-0.4, -0.2) is 29.9 Å². The molecule has 0 radical (unpaired) electrons. The fourth-order valence-corrected chi connectivity index (χ4v) is 3.76. The van der Waals surface area contributed by atoms with E-state index in [1.807, 2.05) is 43.3 Å². The molecule has 1 aromatic heterocycles. The Balaban J connectivity index is 1.82. The smallest absolute Gasteiger partial charge is 0.226 e. The van der Waals surface area contributed by atoms with Gasteiger partial charge in [-0.2, -0.15) is 5.10 Å². The molecule has 0 aliphatic carbocycles. The molecule has 1 aliphatic heterocycles. The van der Waals surface area contributed by atoms with Crippen molar-refractivity contribution in [3.63, 3.8) is 0 Å². The number of hydrogen-bond acceptors (Lipinski definition) is 4. The van der Waals surface area contributed by atoms with Gasteiger partial charge in [0.15, 0.2) is 11.5 Å². The number of ether oxygens (including phenoxy) is 2. The largest absolute Gasteiger partial charge is 0.493 e. The Labute approximate surface area is 168 Å². The van der Waals surface area contributed by atoms with Crippen molar-refractivity contribution in [2.75, 3.05) is 19.5 Å². The summed E-state index contributed by atoms with van der Waals surface area (Å²) in [6.07, 6.45) is 2.14. The molecule has 4 rings (SSSR count). The highest BCUT2D eigenvalue weighted by Gasteiger charge is 2.31. The standard InChI is InChI=1S/C21H20ClN3O3/c1-12-16(22)5-4-6-17(12)25-21-15(11-23-25)14(10-20(26)24-21)13-7-8-18(27-2)19(9-13)28-3/h4-9,11,14H,10H2,1-3H3,(H,24,26)/t14-/m1/s1. The second-order valence-corrected chi connectivity index (χ2v) is 7.07. The number of rotatable bonds is 4. The maximum absolute atomic E-state index is 12.5. The van der Waals surface area contributed by atoms with Gasteiger partial charge in [0.25, 0.3) is 0 Å². The zero-order valence-electron chi connectivity index (χ0n) is 15.8. The molecule has 6 nitrogen and oxygen atoms in total. The van der Waals surface area contributed by atoms with E-state index in [0.717, 1.165) is 22.4 Å². The van der Waals surface area contributed by atoms with Crippen LogP contribution >= 0.6 is 11.6 Å². The summed E-state index contributed by atoms with van der Waals surface area (Å²) in [5.74, 6) is 1.76. The van der Waals surface area contributed by atoms with Crippen LogP contribution < -0.4 is 14.8 Å². The quantitative estimate of drug-likeness (QED) is 0.711. The van der Waals surface area contributed by atoms with Crippen LogP contribution in [0, 0.1) is 6.92 Å². The number of nitrogens with zero attached hydrogens (tertiary/aromatic N) is 2. The summed E-state index contributed by atoms with van der Waals surface area (Å²) in [5, 5.41) is 8.16. The Bertz CT molecular complexity index is 1060. The van der Waals surface area contributed by atoms with Crippen molar-refractivity contribution >= 4 is 23.3 Å². The topological polar surface area (TPSA) is 65.4 Å². The summed E-state index contributed by atoms with van der Waals surface area (Å²) in [5.41, 5.74) is 3.65. The minimum Gasteiger partial charge on any atom is -0.493 e. The lowest BCUT2D eigenvalue weighted by atomic mass is 9.87. The first-order valence-electron chi connectivity index (χ1n) is 8.88. The molecule has 7 heteroatoms. The minimum atomic E-state index is -0.128. The van der Waals surface area contributed by atoms with Gasteiger partial charge in [0.05, 0.1) is 26.1 Å². The Morgan fingerprint density at radius 2 is 1.96 bits per heavy atom. The summed E-state index contributed by atoms with van der Waals surface area (Å²) < 4.78 is 12.5. The average Bonchev–Trinajstić information content (AvgIpc) is 3.12. The van der Waals surface area contributed by atoms with Crippen LogP contribution in [0.3, 0.4) is 0 Å². The molecule has 0 saturated heterocycles. The lowest BCUT2D eigenvalue weighted by Gasteiger charge is -2.24. The molecule has 0 spiro atoms. The molecular weight excluding hydrogens is 378 g/mol. The second kappa shape index (κ2) is 7.20. The number of carbonyl (C=O) groups is 1. The van der Waals surface area contributed by atoms with Crippen molar-refractivity contribution in [1.29, 1.82) is 0 Å². The van der Waals surface area contributed by atoms with Crippen molar-refractivity contribution in [2.45, 2.75) is 19.3 Å². The lowest BCUT2D eigenvalue weighted by molar-refractivity contribution is -0.116. The summed E-state index contributed by atoms with van der Waals surface area (Å²) in [4.78, 5) is 12.5. The maximum atomic E-state index is 12.5. The zero-order chi connectivity index (χ0) is 19.8. The molecule has 0 fully saturated rings. The fourth-order valence-electron chi connectivity index (χ4n) is 3.59. The molecule has 0 unspecified atom stereocenters. The van der Waals surface area contributed by atoms with Gasteiger partial charge in [0.1, 0.15) is 5.82 Å². The molecule has 3 aromatic rings. The van der Waals surface area contributed by atoms with Crippen LogP contribution in [0.1, 0.15) is 29.0 Å². The second-order valence-electron chi connectivity index (χ2n) is 6.66.